The van der Waals surface area contributed by atoms with Gasteiger partial charge in [0.15, 0.2) is 11.5 Å². The predicted octanol–water partition coefficient (Wildman–Crippen LogP) is 1.10. The molecule has 25 heavy (non-hydrogen) atoms. The molecule has 1 aromatic carbocycles. The molecule has 1 aliphatic rings. The molecule has 1 aliphatic heterocycles. The second-order valence-electron chi connectivity index (χ2n) is 5.86. The second-order valence-corrected chi connectivity index (χ2v) is 5.86. The third kappa shape index (κ3) is 3.76. The Labute approximate surface area is 145 Å². The van der Waals surface area contributed by atoms with Crippen LogP contribution in [-0.2, 0) is 11.8 Å². The van der Waals surface area contributed by atoms with Crippen molar-refractivity contribution in [3.63, 3.8) is 0 Å². The van der Waals surface area contributed by atoms with Crippen molar-refractivity contribution in [2.45, 2.75) is 19.1 Å². The summed E-state index contributed by atoms with van der Waals surface area (Å²) in [6.07, 6.45) is 0.683. The largest absolute Gasteiger partial charge is 0.482 e. The number of aryl methyl sites for hydroxylation is 1. The topological polar surface area (TPSA) is 81.6 Å². The van der Waals surface area contributed by atoms with E-state index in [1.165, 1.54) is 0 Å². The van der Waals surface area contributed by atoms with Gasteiger partial charge in [-0.3, -0.25) is 9.59 Å². The minimum Gasteiger partial charge on any atom is -0.482 e. The monoisotopic (exact) mass is 343 g/mol. The number of carbonyl (C=O) groups excluding carboxylic acids is 2. The van der Waals surface area contributed by atoms with Crippen LogP contribution in [0.5, 0.6) is 11.5 Å². The second kappa shape index (κ2) is 7.29. The van der Waals surface area contributed by atoms with E-state index in [1.807, 2.05) is 12.1 Å². The first-order valence-electron chi connectivity index (χ1n) is 8.16. The van der Waals surface area contributed by atoms with E-state index in [0.717, 1.165) is 0 Å². The minimum atomic E-state index is -0.724. The number of ether oxygens (including phenoxy) is 2. The number of fused-ring (bicyclic) bond motifs is 1. The lowest BCUT2D eigenvalue weighted by atomic mass is 10.1. The van der Waals surface area contributed by atoms with Crippen LogP contribution in [0.25, 0.3) is 0 Å². The molecule has 2 aromatic rings. The van der Waals surface area contributed by atoms with Crippen LogP contribution in [0, 0.1) is 0 Å². The van der Waals surface area contributed by atoms with E-state index in [-0.39, 0.29) is 11.8 Å². The van der Waals surface area contributed by atoms with Crippen molar-refractivity contribution >= 4 is 11.8 Å². The van der Waals surface area contributed by atoms with Crippen LogP contribution in [0.15, 0.2) is 42.6 Å². The van der Waals surface area contributed by atoms with Crippen molar-refractivity contribution in [3.05, 3.63) is 48.3 Å². The summed E-state index contributed by atoms with van der Waals surface area (Å²) in [4.78, 5) is 24.3. The minimum absolute atomic E-state index is 0.179. The van der Waals surface area contributed by atoms with E-state index in [0.29, 0.717) is 30.3 Å². The maximum atomic E-state index is 12.3. The lowest BCUT2D eigenvalue weighted by Gasteiger charge is -2.31. The fourth-order valence-corrected chi connectivity index (χ4v) is 2.66. The lowest BCUT2D eigenvalue weighted by Crippen LogP contribution is -2.50. The van der Waals surface area contributed by atoms with Crippen LogP contribution in [0.4, 0.5) is 0 Å². The highest BCUT2D eigenvalue weighted by atomic mass is 16.6. The average molecular weight is 343 g/mol. The number of para-hydroxylation sites is 2. The normalized spacial score (nSPS) is 18.5. The summed E-state index contributed by atoms with van der Waals surface area (Å²) in [7, 11) is 1.80. The Balaban J connectivity index is 1.47. The van der Waals surface area contributed by atoms with E-state index in [4.69, 9.17) is 9.47 Å². The fraction of sp³-hybridized carbons (Fsp3) is 0.333. The smallest absolute Gasteiger partial charge is 0.267 e. The standard InChI is InChI=1S/C18H21N3O4/c1-12-16(25-15-8-4-3-7-14(15)24-12)18(23)20-10-9-19-17(22)13-6-5-11-21(13)2/h3-8,11-12,16H,9-10H2,1-2H3,(H,19,22)(H,20,23). The first-order chi connectivity index (χ1) is 12.1. The maximum Gasteiger partial charge on any atom is 0.267 e. The molecule has 0 saturated heterocycles. The molecule has 2 heterocycles. The van der Waals surface area contributed by atoms with Gasteiger partial charge in [-0.2, -0.15) is 0 Å². The molecule has 2 amide bonds. The SMILES string of the molecule is CC1Oc2ccccc2OC1C(=O)NCCNC(=O)c1cccn1C. The summed E-state index contributed by atoms with van der Waals surface area (Å²) in [6, 6.07) is 10.8. The summed E-state index contributed by atoms with van der Waals surface area (Å²) in [6.45, 7) is 2.43. The number of nitrogens with one attached hydrogen (secondary N) is 2. The average Bonchev–Trinajstić information content (AvgIpc) is 3.03. The van der Waals surface area contributed by atoms with Gasteiger partial charge in [0.25, 0.3) is 11.8 Å². The zero-order chi connectivity index (χ0) is 17.8. The fourth-order valence-electron chi connectivity index (χ4n) is 2.66. The molecule has 0 fully saturated rings. The molecule has 0 bridgehead atoms. The number of hydrogen-bond donors (Lipinski definition) is 2. The molecule has 0 radical (unpaired) electrons. The summed E-state index contributed by atoms with van der Waals surface area (Å²) in [5, 5.41) is 5.53. The quantitative estimate of drug-likeness (QED) is 0.797. The van der Waals surface area contributed by atoms with Crippen LogP contribution in [0.2, 0.25) is 0 Å². The molecule has 2 unspecified atom stereocenters. The Hall–Kier alpha value is -2.96. The molecule has 3 rings (SSSR count). The van der Waals surface area contributed by atoms with Crippen molar-refractivity contribution in [3.8, 4) is 11.5 Å². The Morgan fingerprint density at radius 2 is 1.72 bits per heavy atom. The molecule has 0 spiro atoms. The van der Waals surface area contributed by atoms with E-state index >= 15 is 0 Å². The van der Waals surface area contributed by atoms with Crippen LogP contribution < -0.4 is 20.1 Å². The molecule has 0 saturated carbocycles. The van der Waals surface area contributed by atoms with Crippen molar-refractivity contribution < 1.29 is 19.1 Å². The molecule has 0 aliphatic carbocycles. The highest BCUT2D eigenvalue weighted by Crippen LogP contribution is 2.33. The number of hydrogen-bond acceptors (Lipinski definition) is 4. The van der Waals surface area contributed by atoms with Gasteiger partial charge >= 0.3 is 0 Å². The van der Waals surface area contributed by atoms with Gasteiger partial charge in [0.1, 0.15) is 11.8 Å². The Morgan fingerprint density at radius 1 is 1.04 bits per heavy atom. The van der Waals surface area contributed by atoms with Crippen molar-refractivity contribution in [1.29, 1.82) is 0 Å². The number of benzene rings is 1. The molecule has 132 valence electrons. The number of aromatic nitrogens is 1. The third-order valence-corrected chi connectivity index (χ3v) is 3.99. The van der Waals surface area contributed by atoms with E-state index in [1.54, 1.807) is 49.0 Å². The molecular formula is C18H21N3O4. The van der Waals surface area contributed by atoms with Crippen molar-refractivity contribution in [2.75, 3.05) is 13.1 Å². The van der Waals surface area contributed by atoms with E-state index in [2.05, 4.69) is 10.6 Å². The van der Waals surface area contributed by atoms with Gasteiger partial charge < -0.3 is 24.7 Å². The number of amides is 2. The predicted molar refractivity (Wildman–Crippen MR) is 91.7 cm³/mol. The van der Waals surface area contributed by atoms with E-state index in [9.17, 15) is 9.59 Å². The highest BCUT2D eigenvalue weighted by Gasteiger charge is 2.33. The van der Waals surface area contributed by atoms with Gasteiger partial charge in [0.2, 0.25) is 6.10 Å². The summed E-state index contributed by atoms with van der Waals surface area (Å²) < 4.78 is 13.2. The van der Waals surface area contributed by atoms with Gasteiger partial charge in [-0.25, -0.2) is 0 Å². The van der Waals surface area contributed by atoms with Gasteiger partial charge in [-0.05, 0) is 31.2 Å². The number of nitrogens with zero attached hydrogens (tertiary/aromatic N) is 1. The van der Waals surface area contributed by atoms with Gasteiger partial charge in [0.05, 0.1) is 0 Å². The lowest BCUT2D eigenvalue weighted by molar-refractivity contribution is -0.133. The van der Waals surface area contributed by atoms with Crippen molar-refractivity contribution in [1.82, 2.24) is 15.2 Å². The van der Waals surface area contributed by atoms with Crippen LogP contribution in [0.3, 0.4) is 0 Å². The maximum absolute atomic E-state index is 12.3. The molecule has 2 N–H and O–H groups in total. The van der Waals surface area contributed by atoms with Gasteiger partial charge in [-0.1, -0.05) is 12.1 Å². The van der Waals surface area contributed by atoms with Crippen molar-refractivity contribution in [2.24, 2.45) is 7.05 Å². The zero-order valence-electron chi connectivity index (χ0n) is 14.2. The van der Waals surface area contributed by atoms with Crippen LogP contribution >= 0.6 is 0 Å². The van der Waals surface area contributed by atoms with Gasteiger partial charge in [-0.15, -0.1) is 0 Å². The molecule has 7 nitrogen and oxygen atoms in total. The molecule has 7 heteroatoms. The Bertz CT molecular complexity index is 771. The summed E-state index contributed by atoms with van der Waals surface area (Å²) in [5.41, 5.74) is 0.570. The van der Waals surface area contributed by atoms with Crippen LogP contribution in [0.1, 0.15) is 17.4 Å². The Kier molecular flexibility index (Phi) is 4.92. The zero-order valence-corrected chi connectivity index (χ0v) is 14.2. The number of carbonyl (C=O) groups is 2. The summed E-state index contributed by atoms with van der Waals surface area (Å²) >= 11 is 0. The first-order valence-corrected chi connectivity index (χ1v) is 8.16. The highest BCUT2D eigenvalue weighted by molar-refractivity contribution is 5.92. The number of rotatable bonds is 5. The van der Waals surface area contributed by atoms with Crippen LogP contribution in [-0.4, -0.2) is 41.7 Å². The molecule has 2 atom stereocenters. The molecular weight excluding hydrogens is 322 g/mol. The van der Waals surface area contributed by atoms with Gasteiger partial charge in [0, 0.05) is 26.3 Å². The van der Waals surface area contributed by atoms with E-state index < -0.39 is 12.2 Å². The third-order valence-electron chi connectivity index (χ3n) is 3.99. The summed E-state index contributed by atoms with van der Waals surface area (Å²) in [5.74, 6) is 0.739. The first kappa shape index (κ1) is 16.9. The molecule has 1 aromatic heterocycles. The Morgan fingerprint density at radius 3 is 2.40 bits per heavy atom.